The molecule has 0 bridgehead atoms. The van der Waals surface area contributed by atoms with E-state index in [1.807, 2.05) is 58.9 Å². The van der Waals surface area contributed by atoms with Gasteiger partial charge in [0.05, 0.1) is 22.1 Å². The second-order valence-corrected chi connectivity index (χ2v) is 11.5. The van der Waals surface area contributed by atoms with Gasteiger partial charge in [-0.3, -0.25) is 4.79 Å². The molecule has 2 aromatic carbocycles. The van der Waals surface area contributed by atoms with Gasteiger partial charge in [0.15, 0.2) is 5.69 Å². The number of nitrogens with two attached hydrogens (primary N) is 1. The molecule has 0 spiro atoms. The maximum Gasteiger partial charge on any atom is 0.408 e. The van der Waals surface area contributed by atoms with E-state index in [2.05, 4.69) is 10.4 Å². The van der Waals surface area contributed by atoms with Crippen molar-refractivity contribution in [2.75, 3.05) is 5.73 Å². The molecule has 198 valence electrons. The maximum absolute atomic E-state index is 12.9. The number of rotatable bonds is 4. The van der Waals surface area contributed by atoms with Crippen LogP contribution in [0.15, 0.2) is 36.4 Å². The molecule has 0 atom stereocenters. The third-order valence-corrected chi connectivity index (χ3v) is 5.51. The molecule has 3 N–H and O–H groups in total. The molecule has 0 aliphatic rings. The number of fused-ring (bicyclic) bond motifs is 1. The number of nitrogens with one attached hydrogen (secondary N) is 1. The fraction of sp³-hybridized carbons (Fsp3) is 0.429. The zero-order valence-electron chi connectivity index (χ0n) is 23.0. The van der Waals surface area contributed by atoms with Crippen LogP contribution in [0.1, 0.15) is 83.2 Å². The van der Waals surface area contributed by atoms with Crippen molar-refractivity contribution >= 4 is 34.6 Å². The highest BCUT2D eigenvalue weighted by Gasteiger charge is 2.28. The molecule has 0 unspecified atom stereocenters. The fourth-order valence-corrected chi connectivity index (χ4v) is 3.90. The summed E-state index contributed by atoms with van der Waals surface area (Å²) in [5.74, 6) is -1.01. The molecule has 9 heteroatoms. The van der Waals surface area contributed by atoms with Crippen molar-refractivity contribution in [3.63, 3.8) is 0 Å². The predicted molar refractivity (Wildman–Crippen MR) is 143 cm³/mol. The lowest BCUT2D eigenvalue weighted by atomic mass is 9.92. The highest BCUT2D eigenvalue weighted by molar-refractivity contribution is 6.12. The van der Waals surface area contributed by atoms with E-state index in [1.165, 1.54) is 6.92 Å². The number of nitrogens with zero attached hydrogens (tertiary/aromatic N) is 2. The molecular weight excluding hydrogens is 472 g/mol. The minimum absolute atomic E-state index is 0.0150. The molecule has 37 heavy (non-hydrogen) atoms. The minimum atomic E-state index is -0.744. The van der Waals surface area contributed by atoms with Crippen LogP contribution in [0.4, 0.5) is 10.5 Å². The Balaban J connectivity index is 2.02. The lowest BCUT2D eigenvalue weighted by molar-refractivity contribution is 0.00642. The summed E-state index contributed by atoms with van der Waals surface area (Å²) in [6.07, 6.45) is -0.506. The first-order chi connectivity index (χ1) is 16.9. The standard InChI is InChI=1S/C28H36N4O5/c1-16(33)32-20-15-14-19(22(29)21(20)23(31-32)24(34)36-26(2,3)4)17-10-12-18(13-11-17)28(8,9)30-25(35)37-27(5,6)7/h10-15H,29H2,1-9H3,(H,30,35). The average molecular weight is 509 g/mol. The predicted octanol–water partition coefficient (Wildman–Crippen LogP) is 5.66. The number of hydrogen-bond acceptors (Lipinski definition) is 7. The number of ether oxygens (including phenoxy) is 2. The van der Waals surface area contributed by atoms with Gasteiger partial charge in [-0.25, -0.2) is 9.59 Å². The van der Waals surface area contributed by atoms with Gasteiger partial charge in [-0.15, -0.1) is 0 Å². The first-order valence-corrected chi connectivity index (χ1v) is 12.1. The summed E-state index contributed by atoms with van der Waals surface area (Å²) in [5.41, 5.74) is 7.58. The number of esters is 1. The van der Waals surface area contributed by atoms with Gasteiger partial charge in [0.1, 0.15) is 11.2 Å². The Morgan fingerprint density at radius 3 is 1.95 bits per heavy atom. The zero-order valence-corrected chi connectivity index (χ0v) is 23.0. The smallest absolute Gasteiger partial charge is 0.408 e. The largest absolute Gasteiger partial charge is 0.455 e. The highest BCUT2D eigenvalue weighted by Crippen LogP contribution is 2.36. The summed E-state index contributed by atoms with van der Waals surface area (Å²) >= 11 is 0. The van der Waals surface area contributed by atoms with Crippen molar-refractivity contribution in [2.45, 2.75) is 79.1 Å². The molecule has 1 amide bonds. The zero-order chi connectivity index (χ0) is 27.9. The van der Waals surface area contributed by atoms with Gasteiger partial charge in [-0.05, 0) is 72.6 Å². The van der Waals surface area contributed by atoms with Crippen molar-refractivity contribution in [3.8, 4) is 11.1 Å². The fourth-order valence-electron chi connectivity index (χ4n) is 3.90. The number of amides is 1. The van der Waals surface area contributed by atoms with Crippen molar-refractivity contribution in [3.05, 3.63) is 47.7 Å². The van der Waals surface area contributed by atoms with Gasteiger partial charge in [0.2, 0.25) is 5.91 Å². The van der Waals surface area contributed by atoms with Gasteiger partial charge in [-0.1, -0.05) is 30.3 Å². The van der Waals surface area contributed by atoms with E-state index in [4.69, 9.17) is 15.2 Å². The normalized spacial score (nSPS) is 12.4. The molecule has 0 radical (unpaired) electrons. The minimum Gasteiger partial charge on any atom is -0.455 e. The van der Waals surface area contributed by atoms with Crippen molar-refractivity contribution < 1.29 is 23.9 Å². The van der Waals surface area contributed by atoms with Crippen LogP contribution in [0.3, 0.4) is 0 Å². The van der Waals surface area contributed by atoms with E-state index in [-0.39, 0.29) is 11.6 Å². The lowest BCUT2D eigenvalue weighted by Crippen LogP contribution is -2.43. The van der Waals surface area contributed by atoms with E-state index in [0.29, 0.717) is 22.2 Å². The van der Waals surface area contributed by atoms with Crippen LogP contribution in [0.25, 0.3) is 22.0 Å². The Morgan fingerprint density at radius 1 is 0.865 bits per heavy atom. The van der Waals surface area contributed by atoms with Crippen LogP contribution < -0.4 is 11.1 Å². The van der Waals surface area contributed by atoms with Gasteiger partial charge in [0.25, 0.3) is 0 Å². The third kappa shape index (κ3) is 6.28. The summed E-state index contributed by atoms with van der Waals surface area (Å²) in [4.78, 5) is 37.4. The van der Waals surface area contributed by atoms with Gasteiger partial charge < -0.3 is 20.5 Å². The number of aromatic nitrogens is 2. The van der Waals surface area contributed by atoms with Crippen LogP contribution in [-0.4, -0.2) is 39.0 Å². The number of benzene rings is 2. The molecule has 0 saturated heterocycles. The number of alkyl carbamates (subject to hydrolysis) is 1. The SMILES string of the molecule is CC(=O)n1nc(C(=O)OC(C)(C)C)c2c(N)c(-c3ccc(C(C)(C)NC(=O)OC(C)(C)C)cc3)ccc21. The average Bonchev–Trinajstić information content (AvgIpc) is 3.12. The molecule has 1 heterocycles. The Bertz CT molecular complexity index is 1360. The van der Waals surface area contributed by atoms with E-state index >= 15 is 0 Å². The Hall–Kier alpha value is -3.88. The van der Waals surface area contributed by atoms with E-state index in [1.54, 1.807) is 32.9 Å². The van der Waals surface area contributed by atoms with E-state index < -0.39 is 28.8 Å². The number of carbonyl (C=O) groups excluding carboxylic acids is 3. The molecule has 3 rings (SSSR count). The summed E-state index contributed by atoms with van der Waals surface area (Å²) in [7, 11) is 0. The molecular formula is C28H36N4O5. The Morgan fingerprint density at radius 2 is 1.43 bits per heavy atom. The number of hydrogen-bond donors (Lipinski definition) is 2. The summed E-state index contributed by atoms with van der Waals surface area (Å²) < 4.78 is 12.1. The number of anilines is 1. The molecule has 9 nitrogen and oxygen atoms in total. The van der Waals surface area contributed by atoms with Gasteiger partial charge in [-0.2, -0.15) is 9.78 Å². The molecule has 0 fully saturated rings. The van der Waals surface area contributed by atoms with Gasteiger partial charge >= 0.3 is 12.1 Å². The molecule has 0 aliphatic heterocycles. The van der Waals surface area contributed by atoms with Crippen LogP contribution >= 0.6 is 0 Å². The van der Waals surface area contributed by atoms with Crippen LogP contribution in [-0.2, 0) is 15.0 Å². The topological polar surface area (TPSA) is 126 Å². The molecule has 0 aliphatic carbocycles. The lowest BCUT2D eigenvalue weighted by Gasteiger charge is -2.29. The maximum atomic E-state index is 12.9. The molecule has 3 aromatic rings. The Kier molecular flexibility index (Phi) is 7.14. The number of nitrogen functional groups attached to an aromatic ring is 1. The van der Waals surface area contributed by atoms with Crippen molar-refractivity contribution in [1.29, 1.82) is 0 Å². The van der Waals surface area contributed by atoms with Crippen LogP contribution in [0.5, 0.6) is 0 Å². The Labute approximate surface area is 217 Å². The first kappa shape index (κ1) is 27.7. The van der Waals surface area contributed by atoms with Gasteiger partial charge in [0, 0.05) is 12.5 Å². The molecule has 0 saturated carbocycles. The van der Waals surface area contributed by atoms with Crippen LogP contribution in [0.2, 0.25) is 0 Å². The van der Waals surface area contributed by atoms with Crippen molar-refractivity contribution in [1.82, 2.24) is 15.1 Å². The second kappa shape index (κ2) is 9.53. The van der Waals surface area contributed by atoms with E-state index in [0.717, 1.165) is 15.8 Å². The summed E-state index contributed by atoms with van der Waals surface area (Å²) in [5, 5.41) is 7.48. The number of carbonyl (C=O) groups is 3. The molecule has 1 aromatic heterocycles. The van der Waals surface area contributed by atoms with Crippen molar-refractivity contribution in [2.24, 2.45) is 0 Å². The highest BCUT2D eigenvalue weighted by atomic mass is 16.6. The van der Waals surface area contributed by atoms with Crippen LogP contribution in [0, 0.1) is 0 Å². The van der Waals surface area contributed by atoms with E-state index in [9.17, 15) is 14.4 Å². The quantitative estimate of drug-likeness (QED) is 0.344. The summed E-state index contributed by atoms with van der Waals surface area (Å²) in [6.45, 7) is 15.8. The monoisotopic (exact) mass is 508 g/mol. The second-order valence-electron chi connectivity index (χ2n) is 11.5. The summed E-state index contributed by atoms with van der Waals surface area (Å²) in [6, 6.07) is 11.1. The third-order valence-electron chi connectivity index (χ3n) is 5.51. The first-order valence-electron chi connectivity index (χ1n) is 12.1.